The number of nitrogens with two attached hydrogens (primary N) is 1. The van der Waals surface area contributed by atoms with E-state index in [0.717, 1.165) is 24.5 Å². The van der Waals surface area contributed by atoms with Crippen LogP contribution in [0.25, 0.3) is 0 Å². The molecule has 4 heteroatoms. The van der Waals surface area contributed by atoms with Crippen molar-refractivity contribution in [3.8, 4) is 5.75 Å². The first-order valence-corrected chi connectivity index (χ1v) is 6.82. The van der Waals surface area contributed by atoms with Gasteiger partial charge in [-0.1, -0.05) is 12.1 Å². The second-order valence-electron chi connectivity index (χ2n) is 5.04. The average molecular weight is 269 g/mol. The van der Waals surface area contributed by atoms with Crippen molar-refractivity contribution >= 4 is 0 Å². The fourth-order valence-corrected chi connectivity index (χ4v) is 2.82. The van der Waals surface area contributed by atoms with Crippen LogP contribution in [0.4, 0.5) is 0 Å². The molecule has 0 bridgehead atoms. The molecule has 2 heterocycles. The van der Waals surface area contributed by atoms with Gasteiger partial charge in [0.15, 0.2) is 0 Å². The number of nitrogens with zero attached hydrogens (tertiary/aromatic N) is 2. The zero-order chi connectivity index (χ0) is 13.9. The Hall–Kier alpha value is -1.91. The third kappa shape index (κ3) is 2.40. The monoisotopic (exact) mass is 269 g/mol. The summed E-state index contributed by atoms with van der Waals surface area (Å²) >= 11 is 0. The number of pyridine rings is 1. The number of hydrogen-bond acceptors (Lipinski definition) is 4. The van der Waals surface area contributed by atoms with Gasteiger partial charge < -0.3 is 10.5 Å². The number of benzene rings is 1. The maximum Gasteiger partial charge on any atom is 0.119 e. The van der Waals surface area contributed by atoms with Gasteiger partial charge in [0.1, 0.15) is 5.75 Å². The van der Waals surface area contributed by atoms with Gasteiger partial charge in [-0.2, -0.15) is 0 Å². The molecule has 0 fully saturated rings. The molecule has 104 valence electrons. The van der Waals surface area contributed by atoms with Gasteiger partial charge in [-0.05, 0) is 35.4 Å². The van der Waals surface area contributed by atoms with Gasteiger partial charge in [-0.15, -0.1) is 0 Å². The Labute approximate surface area is 119 Å². The number of hydrogen-bond donors (Lipinski definition) is 1. The van der Waals surface area contributed by atoms with Gasteiger partial charge in [0, 0.05) is 31.9 Å². The van der Waals surface area contributed by atoms with Crippen molar-refractivity contribution in [3.05, 3.63) is 59.4 Å². The molecular formula is C16H19N3O. The first-order valence-electron chi connectivity index (χ1n) is 6.82. The summed E-state index contributed by atoms with van der Waals surface area (Å²) in [4.78, 5) is 6.77. The van der Waals surface area contributed by atoms with E-state index >= 15 is 0 Å². The molecule has 20 heavy (non-hydrogen) atoms. The first kappa shape index (κ1) is 13.1. The Morgan fingerprint density at radius 2 is 2.25 bits per heavy atom. The third-order valence-corrected chi connectivity index (χ3v) is 3.84. The molecule has 0 aliphatic carbocycles. The zero-order valence-corrected chi connectivity index (χ0v) is 11.6. The van der Waals surface area contributed by atoms with Crippen molar-refractivity contribution in [2.24, 2.45) is 5.73 Å². The van der Waals surface area contributed by atoms with Crippen LogP contribution in [-0.2, 0) is 13.1 Å². The van der Waals surface area contributed by atoms with Gasteiger partial charge >= 0.3 is 0 Å². The van der Waals surface area contributed by atoms with E-state index in [1.165, 1.54) is 11.1 Å². The standard InChI is InChI=1S/C16H19N3O/c1-20-14-6-5-12-10-19(16(9-17)15(12)8-14)11-13-4-2-3-7-18-13/h2-8,16H,9-11,17H2,1H3. The summed E-state index contributed by atoms with van der Waals surface area (Å²) < 4.78 is 5.31. The molecule has 0 saturated heterocycles. The van der Waals surface area contributed by atoms with E-state index in [1.54, 1.807) is 7.11 Å². The molecule has 0 spiro atoms. The highest BCUT2D eigenvalue weighted by Crippen LogP contribution is 2.36. The Kier molecular flexibility index (Phi) is 3.67. The largest absolute Gasteiger partial charge is 0.497 e. The Balaban J connectivity index is 1.85. The predicted molar refractivity (Wildman–Crippen MR) is 78.3 cm³/mol. The number of fused-ring (bicyclic) bond motifs is 1. The molecule has 4 nitrogen and oxygen atoms in total. The van der Waals surface area contributed by atoms with E-state index in [0.29, 0.717) is 6.54 Å². The molecule has 0 saturated carbocycles. The van der Waals surface area contributed by atoms with Crippen LogP contribution in [0.15, 0.2) is 42.6 Å². The van der Waals surface area contributed by atoms with E-state index in [4.69, 9.17) is 10.5 Å². The topological polar surface area (TPSA) is 51.4 Å². The van der Waals surface area contributed by atoms with Gasteiger partial charge in [0.25, 0.3) is 0 Å². The normalized spacial score (nSPS) is 18.0. The maximum atomic E-state index is 5.98. The molecule has 1 unspecified atom stereocenters. The summed E-state index contributed by atoms with van der Waals surface area (Å²) in [6.07, 6.45) is 1.83. The molecule has 0 amide bonds. The van der Waals surface area contributed by atoms with Crippen molar-refractivity contribution in [1.29, 1.82) is 0 Å². The van der Waals surface area contributed by atoms with Crippen molar-refractivity contribution in [2.75, 3.05) is 13.7 Å². The summed E-state index contributed by atoms with van der Waals surface area (Å²) in [6, 6.07) is 12.5. The molecule has 2 aromatic rings. The molecule has 1 atom stereocenters. The molecule has 2 N–H and O–H groups in total. The smallest absolute Gasteiger partial charge is 0.119 e. The van der Waals surface area contributed by atoms with Crippen LogP contribution in [0, 0.1) is 0 Å². The molecule has 1 aromatic heterocycles. The van der Waals surface area contributed by atoms with Crippen molar-refractivity contribution < 1.29 is 4.74 Å². The highest BCUT2D eigenvalue weighted by molar-refractivity contribution is 5.40. The summed E-state index contributed by atoms with van der Waals surface area (Å²) in [5.41, 5.74) is 9.67. The summed E-state index contributed by atoms with van der Waals surface area (Å²) in [7, 11) is 1.69. The SMILES string of the molecule is COc1ccc2c(c1)C(CN)N(Cc1ccccn1)C2. The molecule has 1 aliphatic rings. The predicted octanol–water partition coefficient (Wildman–Crippen LogP) is 2.11. The van der Waals surface area contributed by atoms with Gasteiger partial charge in [-0.25, -0.2) is 0 Å². The van der Waals surface area contributed by atoms with Gasteiger partial charge in [-0.3, -0.25) is 9.88 Å². The molecule has 0 radical (unpaired) electrons. The van der Waals surface area contributed by atoms with E-state index in [9.17, 15) is 0 Å². The van der Waals surface area contributed by atoms with Gasteiger partial charge in [0.2, 0.25) is 0 Å². The second-order valence-corrected chi connectivity index (χ2v) is 5.04. The lowest BCUT2D eigenvalue weighted by Gasteiger charge is -2.23. The van der Waals surface area contributed by atoms with E-state index in [-0.39, 0.29) is 6.04 Å². The van der Waals surface area contributed by atoms with Crippen LogP contribution < -0.4 is 10.5 Å². The summed E-state index contributed by atoms with van der Waals surface area (Å²) in [5.74, 6) is 0.891. The van der Waals surface area contributed by atoms with Crippen LogP contribution >= 0.6 is 0 Å². The second kappa shape index (κ2) is 5.61. The van der Waals surface area contributed by atoms with Gasteiger partial charge in [0.05, 0.1) is 12.8 Å². The number of rotatable bonds is 4. The lowest BCUT2D eigenvalue weighted by Crippen LogP contribution is -2.27. The quantitative estimate of drug-likeness (QED) is 0.923. The van der Waals surface area contributed by atoms with E-state index in [1.807, 2.05) is 24.4 Å². The van der Waals surface area contributed by atoms with Crippen molar-refractivity contribution in [3.63, 3.8) is 0 Å². The summed E-state index contributed by atoms with van der Waals surface area (Å²) in [5, 5.41) is 0. The fourth-order valence-electron chi connectivity index (χ4n) is 2.82. The average Bonchev–Trinajstić information content (AvgIpc) is 2.84. The highest BCUT2D eigenvalue weighted by atomic mass is 16.5. The van der Waals surface area contributed by atoms with Crippen LogP contribution in [0.1, 0.15) is 22.9 Å². The summed E-state index contributed by atoms with van der Waals surface area (Å²) in [6.45, 7) is 2.34. The van der Waals surface area contributed by atoms with Crippen LogP contribution in [0.3, 0.4) is 0 Å². The van der Waals surface area contributed by atoms with E-state index in [2.05, 4.69) is 28.1 Å². The zero-order valence-electron chi connectivity index (χ0n) is 11.6. The third-order valence-electron chi connectivity index (χ3n) is 3.84. The fraction of sp³-hybridized carbons (Fsp3) is 0.312. The number of aromatic nitrogens is 1. The first-order chi connectivity index (χ1) is 9.81. The number of ether oxygens (including phenoxy) is 1. The highest BCUT2D eigenvalue weighted by Gasteiger charge is 2.29. The van der Waals surface area contributed by atoms with E-state index < -0.39 is 0 Å². The Morgan fingerprint density at radius 1 is 1.35 bits per heavy atom. The number of methoxy groups -OCH3 is 1. The van der Waals surface area contributed by atoms with Crippen molar-refractivity contribution in [2.45, 2.75) is 19.1 Å². The Morgan fingerprint density at radius 3 is 2.95 bits per heavy atom. The van der Waals surface area contributed by atoms with Crippen LogP contribution in [0.2, 0.25) is 0 Å². The maximum absolute atomic E-state index is 5.98. The Bertz CT molecular complexity index is 586. The molecule has 3 rings (SSSR count). The van der Waals surface area contributed by atoms with Crippen LogP contribution in [-0.4, -0.2) is 23.5 Å². The van der Waals surface area contributed by atoms with Crippen molar-refractivity contribution in [1.82, 2.24) is 9.88 Å². The minimum Gasteiger partial charge on any atom is -0.497 e. The molecule has 1 aromatic carbocycles. The minimum atomic E-state index is 0.238. The lowest BCUT2D eigenvalue weighted by atomic mass is 10.0. The molecule has 1 aliphatic heterocycles. The minimum absolute atomic E-state index is 0.238. The molecular weight excluding hydrogens is 250 g/mol. The van der Waals surface area contributed by atoms with Crippen LogP contribution in [0.5, 0.6) is 5.75 Å². The lowest BCUT2D eigenvalue weighted by molar-refractivity contribution is 0.208.